The van der Waals surface area contributed by atoms with Crippen molar-refractivity contribution < 1.29 is 14.7 Å². The van der Waals surface area contributed by atoms with Crippen LogP contribution in [0.4, 0.5) is 9.59 Å². The molecule has 118 valence electrons. The van der Waals surface area contributed by atoms with E-state index in [0.717, 1.165) is 0 Å². The molecule has 0 aliphatic rings. The molecule has 0 aromatic heterocycles. The highest BCUT2D eigenvalue weighted by Gasteiger charge is 2.16. The molecule has 0 saturated carbocycles. The van der Waals surface area contributed by atoms with E-state index >= 15 is 0 Å². The summed E-state index contributed by atoms with van der Waals surface area (Å²) in [5.41, 5.74) is -0.667. The van der Waals surface area contributed by atoms with Gasteiger partial charge in [-0.2, -0.15) is 0 Å². The molecule has 0 aliphatic carbocycles. The Kier molecular flexibility index (Phi) is 6.78. The van der Waals surface area contributed by atoms with Gasteiger partial charge in [0, 0.05) is 24.2 Å². The average Bonchev–Trinajstić information content (AvgIpc) is 2.18. The number of amides is 4. The maximum atomic E-state index is 11.5. The summed E-state index contributed by atoms with van der Waals surface area (Å²) in [6, 6.07) is -0.702. The van der Waals surface area contributed by atoms with E-state index in [2.05, 4.69) is 21.3 Å². The van der Waals surface area contributed by atoms with Crippen LogP contribution in [0.15, 0.2) is 0 Å². The molecule has 0 rings (SSSR count). The highest BCUT2D eigenvalue weighted by Crippen LogP contribution is 1.98. The molecule has 0 bridgehead atoms. The third-order valence-electron chi connectivity index (χ3n) is 1.97. The molecule has 20 heavy (non-hydrogen) atoms. The van der Waals surface area contributed by atoms with E-state index in [-0.39, 0.29) is 36.2 Å². The molecule has 5 N–H and O–H groups in total. The zero-order valence-electron chi connectivity index (χ0n) is 13.3. The van der Waals surface area contributed by atoms with Crippen LogP contribution in [0.5, 0.6) is 0 Å². The molecule has 0 aromatic carbocycles. The molecular weight excluding hydrogens is 260 g/mol. The maximum Gasteiger partial charge on any atom is 0.315 e. The lowest BCUT2D eigenvalue weighted by molar-refractivity contribution is 0.164. The molecule has 0 unspecified atom stereocenters. The number of aliphatic hydroxyl groups excluding tert-OH is 1. The SMILES string of the molecule is CC(C)(C)NC(=O)NCC(O)CNC(=O)NC(C)(C)C. The summed E-state index contributed by atoms with van der Waals surface area (Å²) in [6.07, 6.45) is -0.841. The number of urea groups is 2. The first-order valence-electron chi connectivity index (χ1n) is 6.69. The van der Waals surface area contributed by atoms with Crippen molar-refractivity contribution in [3.63, 3.8) is 0 Å². The molecular formula is C13H28N4O3. The molecule has 0 heterocycles. The van der Waals surface area contributed by atoms with Gasteiger partial charge in [0.05, 0.1) is 6.10 Å². The van der Waals surface area contributed by atoms with Crippen LogP contribution in [0.2, 0.25) is 0 Å². The lowest BCUT2D eigenvalue weighted by Crippen LogP contribution is -2.51. The fraction of sp³-hybridized carbons (Fsp3) is 0.846. The number of carbonyl (C=O) groups excluding carboxylic acids is 2. The van der Waals surface area contributed by atoms with E-state index in [1.54, 1.807) is 0 Å². The smallest absolute Gasteiger partial charge is 0.315 e. The van der Waals surface area contributed by atoms with Crippen LogP contribution in [0.3, 0.4) is 0 Å². The van der Waals surface area contributed by atoms with Gasteiger partial charge in [-0.1, -0.05) is 0 Å². The van der Waals surface area contributed by atoms with Gasteiger partial charge in [0.2, 0.25) is 0 Å². The molecule has 7 heteroatoms. The van der Waals surface area contributed by atoms with E-state index in [9.17, 15) is 14.7 Å². The van der Waals surface area contributed by atoms with Crippen LogP contribution in [-0.2, 0) is 0 Å². The fourth-order valence-electron chi connectivity index (χ4n) is 1.26. The highest BCUT2D eigenvalue weighted by atomic mass is 16.3. The summed E-state index contributed by atoms with van der Waals surface area (Å²) in [7, 11) is 0. The summed E-state index contributed by atoms with van der Waals surface area (Å²) in [6.45, 7) is 11.3. The Morgan fingerprint density at radius 2 is 1.15 bits per heavy atom. The van der Waals surface area contributed by atoms with Crippen molar-refractivity contribution >= 4 is 12.1 Å². The number of nitrogens with one attached hydrogen (secondary N) is 4. The van der Waals surface area contributed by atoms with Gasteiger partial charge in [-0.25, -0.2) is 9.59 Å². The summed E-state index contributed by atoms with van der Waals surface area (Å²) in [5.74, 6) is 0. The summed E-state index contributed by atoms with van der Waals surface area (Å²) in [5, 5.41) is 20.2. The summed E-state index contributed by atoms with van der Waals surface area (Å²) in [4.78, 5) is 22.9. The Labute approximate surface area is 120 Å². The summed E-state index contributed by atoms with van der Waals surface area (Å²) < 4.78 is 0. The quantitative estimate of drug-likeness (QED) is 0.522. The monoisotopic (exact) mass is 288 g/mol. The molecule has 0 spiro atoms. The molecule has 0 aliphatic heterocycles. The Morgan fingerprint density at radius 3 is 1.40 bits per heavy atom. The third kappa shape index (κ3) is 11.6. The zero-order chi connectivity index (χ0) is 16.0. The predicted molar refractivity (Wildman–Crippen MR) is 78.6 cm³/mol. The van der Waals surface area contributed by atoms with Crippen molar-refractivity contribution in [1.29, 1.82) is 0 Å². The van der Waals surface area contributed by atoms with Crippen molar-refractivity contribution in [3.05, 3.63) is 0 Å². The normalized spacial score (nSPS) is 12.0. The van der Waals surface area contributed by atoms with Crippen molar-refractivity contribution in [2.75, 3.05) is 13.1 Å². The van der Waals surface area contributed by atoms with E-state index in [0.29, 0.717) is 0 Å². The van der Waals surface area contributed by atoms with Gasteiger partial charge in [-0.3, -0.25) is 0 Å². The minimum Gasteiger partial charge on any atom is -0.389 e. The number of hydrogen-bond donors (Lipinski definition) is 5. The number of aliphatic hydroxyl groups is 1. The van der Waals surface area contributed by atoms with E-state index < -0.39 is 6.10 Å². The number of carbonyl (C=O) groups is 2. The molecule has 0 atom stereocenters. The zero-order valence-corrected chi connectivity index (χ0v) is 13.3. The van der Waals surface area contributed by atoms with Crippen LogP contribution in [0.25, 0.3) is 0 Å². The lowest BCUT2D eigenvalue weighted by Gasteiger charge is -2.23. The number of hydrogen-bond acceptors (Lipinski definition) is 3. The molecule has 0 radical (unpaired) electrons. The van der Waals surface area contributed by atoms with Gasteiger partial charge in [-0.05, 0) is 41.5 Å². The first-order chi connectivity index (χ1) is 8.89. The Hall–Kier alpha value is -1.50. The van der Waals surface area contributed by atoms with Crippen molar-refractivity contribution in [1.82, 2.24) is 21.3 Å². The fourth-order valence-corrected chi connectivity index (χ4v) is 1.26. The second-order valence-corrected chi connectivity index (χ2v) is 6.82. The first kappa shape index (κ1) is 18.5. The van der Waals surface area contributed by atoms with Gasteiger partial charge >= 0.3 is 12.1 Å². The van der Waals surface area contributed by atoms with Gasteiger partial charge < -0.3 is 26.4 Å². The predicted octanol–water partition coefficient (Wildman–Crippen LogP) is 0.543. The van der Waals surface area contributed by atoms with E-state index in [1.165, 1.54) is 0 Å². The minimum atomic E-state index is -0.841. The van der Waals surface area contributed by atoms with Gasteiger partial charge in [0.25, 0.3) is 0 Å². The average molecular weight is 288 g/mol. The molecule has 0 aromatic rings. The van der Waals surface area contributed by atoms with Crippen molar-refractivity contribution in [3.8, 4) is 0 Å². The maximum absolute atomic E-state index is 11.5. The molecule has 7 nitrogen and oxygen atoms in total. The van der Waals surface area contributed by atoms with Gasteiger partial charge in [0.1, 0.15) is 0 Å². The standard InChI is InChI=1S/C13H28N4O3/c1-12(2,3)16-10(19)14-7-9(18)8-15-11(20)17-13(4,5)6/h9,18H,7-8H2,1-6H3,(H2,14,16,19)(H2,15,17,20). The molecule has 0 fully saturated rings. The Bertz CT molecular complexity index is 299. The van der Waals surface area contributed by atoms with Gasteiger partial charge in [0.15, 0.2) is 0 Å². The first-order valence-corrected chi connectivity index (χ1v) is 6.69. The second kappa shape index (κ2) is 7.33. The highest BCUT2D eigenvalue weighted by molar-refractivity contribution is 5.75. The second-order valence-electron chi connectivity index (χ2n) is 6.82. The van der Waals surface area contributed by atoms with Crippen LogP contribution < -0.4 is 21.3 Å². The third-order valence-corrected chi connectivity index (χ3v) is 1.97. The van der Waals surface area contributed by atoms with E-state index in [4.69, 9.17) is 0 Å². The Morgan fingerprint density at radius 1 is 0.850 bits per heavy atom. The Balaban J connectivity index is 3.87. The van der Waals surface area contributed by atoms with Crippen LogP contribution in [0.1, 0.15) is 41.5 Å². The molecule has 4 amide bonds. The molecule has 0 saturated heterocycles. The van der Waals surface area contributed by atoms with Crippen LogP contribution in [-0.4, -0.2) is 47.4 Å². The van der Waals surface area contributed by atoms with Crippen LogP contribution in [0, 0.1) is 0 Å². The van der Waals surface area contributed by atoms with Crippen molar-refractivity contribution in [2.24, 2.45) is 0 Å². The van der Waals surface area contributed by atoms with Gasteiger partial charge in [-0.15, -0.1) is 0 Å². The summed E-state index contributed by atoms with van der Waals surface area (Å²) >= 11 is 0. The van der Waals surface area contributed by atoms with Crippen LogP contribution >= 0.6 is 0 Å². The number of rotatable bonds is 4. The minimum absolute atomic E-state index is 0.0672. The largest absolute Gasteiger partial charge is 0.389 e. The lowest BCUT2D eigenvalue weighted by atomic mass is 10.1. The van der Waals surface area contributed by atoms with Crippen molar-refractivity contribution in [2.45, 2.75) is 58.7 Å². The van der Waals surface area contributed by atoms with E-state index in [1.807, 2.05) is 41.5 Å². The topological polar surface area (TPSA) is 102 Å².